The molecule has 1 heterocycles. The summed E-state index contributed by atoms with van der Waals surface area (Å²) in [5.74, 6) is 0.685. The first-order valence-electron chi connectivity index (χ1n) is 5.98. The van der Waals surface area contributed by atoms with Crippen LogP contribution in [0.2, 0.25) is 0 Å². The van der Waals surface area contributed by atoms with Crippen LogP contribution in [0.1, 0.15) is 11.4 Å². The lowest BCUT2D eigenvalue weighted by atomic mass is 10.3. The SMILES string of the molecule is COCCN(CCOC)c1nc(C)cc(CN)n1. The minimum atomic E-state index is 0.415. The van der Waals surface area contributed by atoms with E-state index in [1.165, 1.54) is 0 Å². The van der Waals surface area contributed by atoms with E-state index in [1.807, 2.05) is 17.9 Å². The molecule has 0 fully saturated rings. The fourth-order valence-electron chi connectivity index (χ4n) is 1.58. The van der Waals surface area contributed by atoms with Gasteiger partial charge in [-0.25, -0.2) is 9.97 Å². The summed E-state index contributed by atoms with van der Waals surface area (Å²) < 4.78 is 10.2. The Morgan fingerprint density at radius 2 is 1.78 bits per heavy atom. The normalized spacial score (nSPS) is 10.7. The monoisotopic (exact) mass is 254 g/mol. The summed E-state index contributed by atoms with van der Waals surface area (Å²) in [6, 6.07) is 1.90. The Bertz CT molecular complexity index is 352. The molecule has 0 saturated heterocycles. The lowest BCUT2D eigenvalue weighted by Gasteiger charge is -2.22. The van der Waals surface area contributed by atoms with Crippen LogP contribution in [0, 0.1) is 6.92 Å². The van der Waals surface area contributed by atoms with Crippen molar-refractivity contribution in [3.05, 3.63) is 17.5 Å². The third-order valence-corrected chi connectivity index (χ3v) is 2.52. The van der Waals surface area contributed by atoms with Crippen molar-refractivity contribution in [3.8, 4) is 0 Å². The molecule has 0 aromatic carbocycles. The van der Waals surface area contributed by atoms with Gasteiger partial charge in [0.2, 0.25) is 5.95 Å². The first-order chi connectivity index (χ1) is 8.71. The van der Waals surface area contributed by atoms with E-state index in [2.05, 4.69) is 9.97 Å². The lowest BCUT2D eigenvalue weighted by molar-refractivity contribution is 0.189. The van der Waals surface area contributed by atoms with Gasteiger partial charge in [0.1, 0.15) is 0 Å². The highest BCUT2D eigenvalue weighted by Gasteiger charge is 2.10. The number of hydrogen-bond acceptors (Lipinski definition) is 6. The largest absolute Gasteiger partial charge is 0.383 e. The number of rotatable bonds is 8. The third-order valence-electron chi connectivity index (χ3n) is 2.52. The van der Waals surface area contributed by atoms with Crippen LogP contribution in [0.4, 0.5) is 5.95 Å². The van der Waals surface area contributed by atoms with Gasteiger partial charge in [-0.05, 0) is 13.0 Å². The molecule has 0 aliphatic carbocycles. The first-order valence-corrected chi connectivity index (χ1v) is 5.98. The Morgan fingerprint density at radius 1 is 1.17 bits per heavy atom. The van der Waals surface area contributed by atoms with Crippen molar-refractivity contribution in [2.45, 2.75) is 13.5 Å². The summed E-state index contributed by atoms with van der Waals surface area (Å²) in [7, 11) is 3.35. The predicted molar refractivity (Wildman–Crippen MR) is 70.6 cm³/mol. The molecule has 6 nitrogen and oxygen atoms in total. The Kier molecular flexibility index (Phi) is 6.56. The molecule has 0 saturated carbocycles. The average Bonchev–Trinajstić information content (AvgIpc) is 2.38. The summed E-state index contributed by atoms with van der Waals surface area (Å²) in [6.07, 6.45) is 0. The maximum absolute atomic E-state index is 5.63. The number of aromatic nitrogens is 2. The molecule has 0 unspecified atom stereocenters. The molecule has 0 aliphatic rings. The maximum Gasteiger partial charge on any atom is 0.225 e. The molecular formula is C12H22N4O2. The molecule has 0 aliphatic heterocycles. The Balaban J connectivity index is 2.84. The van der Waals surface area contributed by atoms with Crippen molar-refractivity contribution in [1.29, 1.82) is 0 Å². The minimum absolute atomic E-state index is 0.415. The summed E-state index contributed by atoms with van der Waals surface area (Å²) in [5, 5.41) is 0. The van der Waals surface area contributed by atoms with Crippen LogP contribution < -0.4 is 10.6 Å². The third kappa shape index (κ3) is 4.56. The topological polar surface area (TPSA) is 73.5 Å². The predicted octanol–water partition coefficient (Wildman–Crippen LogP) is 0.343. The number of nitrogens with zero attached hydrogens (tertiary/aromatic N) is 3. The van der Waals surface area contributed by atoms with E-state index in [-0.39, 0.29) is 0 Å². The molecule has 0 atom stereocenters. The molecule has 6 heteroatoms. The van der Waals surface area contributed by atoms with E-state index < -0.39 is 0 Å². The van der Waals surface area contributed by atoms with E-state index >= 15 is 0 Å². The van der Waals surface area contributed by atoms with E-state index in [4.69, 9.17) is 15.2 Å². The van der Waals surface area contributed by atoms with Gasteiger partial charge in [0.05, 0.1) is 18.9 Å². The number of nitrogens with two attached hydrogens (primary N) is 1. The molecule has 0 bridgehead atoms. The zero-order valence-electron chi connectivity index (χ0n) is 11.3. The molecule has 102 valence electrons. The number of methoxy groups -OCH3 is 2. The fraction of sp³-hybridized carbons (Fsp3) is 0.667. The molecule has 1 aromatic rings. The van der Waals surface area contributed by atoms with E-state index in [9.17, 15) is 0 Å². The molecule has 18 heavy (non-hydrogen) atoms. The summed E-state index contributed by atoms with van der Waals surface area (Å²) >= 11 is 0. The highest BCUT2D eigenvalue weighted by molar-refractivity contribution is 5.32. The molecule has 0 radical (unpaired) electrons. The summed E-state index contributed by atoms with van der Waals surface area (Å²) in [4.78, 5) is 10.9. The Morgan fingerprint density at radius 3 is 2.28 bits per heavy atom. The highest BCUT2D eigenvalue weighted by atomic mass is 16.5. The van der Waals surface area contributed by atoms with Crippen LogP contribution in [-0.4, -0.2) is 50.5 Å². The number of ether oxygens (including phenoxy) is 2. The van der Waals surface area contributed by atoms with Crippen LogP contribution in [0.25, 0.3) is 0 Å². The van der Waals surface area contributed by atoms with Crippen LogP contribution in [0.5, 0.6) is 0 Å². The van der Waals surface area contributed by atoms with E-state index in [0.717, 1.165) is 24.5 Å². The molecule has 1 aromatic heterocycles. The van der Waals surface area contributed by atoms with Crippen LogP contribution in [0.15, 0.2) is 6.07 Å². The van der Waals surface area contributed by atoms with Crippen LogP contribution >= 0.6 is 0 Å². The Labute approximate surface area is 108 Å². The second-order valence-corrected chi connectivity index (χ2v) is 3.98. The maximum atomic E-state index is 5.63. The van der Waals surface area contributed by atoms with Crippen molar-refractivity contribution in [2.75, 3.05) is 45.4 Å². The zero-order chi connectivity index (χ0) is 13.4. The van der Waals surface area contributed by atoms with Gasteiger partial charge < -0.3 is 20.1 Å². The lowest BCUT2D eigenvalue weighted by Crippen LogP contribution is -2.32. The standard InChI is InChI=1S/C12H22N4O2/c1-10-8-11(9-13)15-12(14-10)16(4-6-17-2)5-7-18-3/h8H,4-7,9,13H2,1-3H3. The van der Waals surface area contributed by atoms with Gasteiger partial charge in [0, 0.05) is 39.5 Å². The molecule has 0 spiro atoms. The molecule has 0 amide bonds. The van der Waals surface area contributed by atoms with Crippen LogP contribution in [-0.2, 0) is 16.0 Å². The van der Waals surface area contributed by atoms with Crippen molar-refractivity contribution >= 4 is 5.95 Å². The summed E-state index contributed by atoms with van der Waals surface area (Å²) in [6.45, 7) is 5.06. The van der Waals surface area contributed by atoms with E-state index in [1.54, 1.807) is 14.2 Å². The Hall–Kier alpha value is -1.24. The molecular weight excluding hydrogens is 232 g/mol. The van der Waals surface area contributed by atoms with Gasteiger partial charge >= 0.3 is 0 Å². The second-order valence-electron chi connectivity index (χ2n) is 3.98. The van der Waals surface area contributed by atoms with Crippen molar-refractivity contribution in [2.24, 2.45) is 5.73 Å². The molecule has 1 rings (SSSR count). The van der Waals surface area contributed by atoms with Gasteiger partial charge in [0.25, 0.3) is 0 Å². The summed E-state index contributed by atoms with van der Waals surface area (Å²) in [5.41, 5.74) is 7.39. The number of anilines is 1. The highest BCUT2D eigenvalue weighted by Crippen LogP contribution is 2.10. The van der Waals surface area contributed by atoms with Gasteiger partial charge in [-0.15, -0.1) is 0 Å². The second kappa shape index (κ2) is 7.97. The van der Waals surface area contributed by atoms with Gasteiger partial charge in [-0.3, -0.25) is 0 Å². The molecule has 2 N–H and O–H groups in total. The number of hydrogen-bond donors (Lipinski definition) is 1. The number of aryl methyl sites for hydroxylation is 1. The van der Waals surface area contributed by atoms with Crippen LogP contribution in [0.3, 0.4) is 0 Å². The van der Waals surface area contributed by atoms with E-state index in [0.29, 0.717) is 25.7 Å². The smallest absolute Gasteiger partial charge is 0.225 e. The quantitative estimate of drug-likeness (QED) is 0.721. The van der Waals surface area contributed by atoms with Crippen molar-refractivity contribution in [3.63, 3.8) is 0 Å². The van der Waals surface area contributed by atoms with Gasteiger partial charge in [-0.1, -0.05) is 0 Å². The van der Waals surface area contributed by atoms with Crippen molar-refractivity contribution in [1.82, 2.24) is 9.97 Å². The fourth-order valence-corrected chi connectivity index (χ4v) is 1.58. The average molecular weight is 254 g/mol. The minimum Gasteiger partial charge on any atom is -0.383 e. The van der Waals surface area contributed by atoms with Gasteiger partial charge in [-0.2, -0.15) is 0 Å². The zero-order valence-corrected chi connectivity index (χ0v) is 11.3. The van der Waals surface area contributed by atoms with Gasteiger partial charge in [0.15, 0.2) is 0 Å². The first kappa shape index (κ1) is 14.8. The van der Waals surface area contributed by atoms with Crippen molar-refractivity contribution < 1.29 is 9.47 Å².